The second-order valence-electron chi connectivity index (χ2n) is 5.47. The molecule has 0 aromatic heterocycles. The van der Waals surface area contributed by atoms with E-state index in [9.17, 15) is 4.79 Å². The molecule has 0 aliphatic carbocycles. The Hall–Kier alpha value is -2.40. The first-order chi connectivity index (χ1) is 11.6. The fourth-order valence-electron chi connectivity index (χ4n) is 3.12. The monoisotopic (exact) mass is 347 g/mol. The summed E-state index contributed by atoms with van der Waals surface area (Å²) in [6.07, 6.45) is 0.305. The first-order valence-corrected chi connectivity index (χ1v) is 7.85. The van der Waals surface area contributed by atoms with Gasteiger partial charge in [-0.1, -0.05) is 23.7 Å². The smallest absolute Gasteiger partial charge is 0.225 e. The summed E-state index contributed by atoms with van der Waals surface area (Å²) in [5.74, 6) is 1.31. The molecule has 1 aliphatic heterocycles. The topological polar surface area (TPSA) is 56.8 Å². The van der Waals surface area contributed by atoms with E-state index in [2.05, 4.69) is 5.32 Å². The summed E-state index contributed by atoms with van der Waals surface area (Å²) in [5, 5.41) is 3.51. The van der Waals surface area contributed by atoms with Gasteiger partial charge in [0.2, 0.25) is 11.7 Å². The fourth-order valence-corrected chi connectivity index (χ4v) is 3.32. The minimum Gasteiger partial charge on any atom is -0.493 e. The van der Waals surface area contributed by atoms with Crippen LogP contribution in [-0.4, -0.2) is 27.2 Å². The van der Waals surface area contributed by atoms with Crippen molar-refractivity contribution in [1.29, 1.82) is 0 Å². The Morgan fingerprint density at radius 3 is 2.46 bits per heavy atom. The molecule has 126 valence electrons. The van der Waals surface area contributed by atoms with E-state index in [0.29, 0.717) is 34.4 Å². The molecule has 1 unspecified atom stereocenters. The van der Waals surface area contributed by atoms with E-state index in [4.69, 9.17) is 25.8 Å². The molecular formula is C18H18ClNO4. The number of hydrogen-bond acceptors (Lipinski definition) is 4. The molecule has 0 spiro atoms. The van der Waals surface area contributed by atoms with Crippen LogP contribution in [0.3, 0.4) is 0 Å². The normalized spacial score (nSPS) is 16.2. The zero-order valence-corrected chi connectivity index (χ0v) is 14.4. The Bertz CT molecular complexity index is 791. The molecule has 0 saturated heterocycles. The van der Waals surface area contributed by atoms with Gasteiger partial charge < -0.3 is 19.5 Å². The van der Waals surface area contributed by atoms with Crippen molar-refractivity contribution < 1.29 is 19.0 Å². The maximum Gasteiger partial charge on any atom is 0.225 e. The van der Waals surface area contributed by atoms with Gasteiger partial charge in [0.1, 0.15) is 0 Å². The average Bonchev–Trinajstić information content (AvgIpc) is 2.59. The number of hydrogen-bond donors (Lipinski definition) is 1. The Kier molecular flexibility index (Phi) is 4.53. The van der Waals surface area contributed by atoms with Crippen molar-refractivity contribution in [2.45, 2.75) is 12.3 Å². The lowest BCUT2D eigenvalue weighted by atomic mass is 9.84. The van der Waals surface area contributed by atoms with Crippen LogP contribution < -0.4 is 19.5 Å². The highest BCUT2D eigenvalue weighted by Crippen LogP contribution is 2.51. The number of amides is 1. The van der Waals surface area contributed by atoms with Crippen LogP contribution in [-0.2, 0) is 4.79 Å². The summed E-state index contributed by atoms with van der Waals surface area (Å²) in [6.45, 7) is 0. The summed E-state index contributed by atoms with van der Waals surface area (Å²) in [7, 11) is 4.67. The van der Waals surface area contributed by atoms with Crippen molar-refractivity contribution in [3.05, 3.63) is 46.5 Å². The van der Waals surface area contributed by atoms with Crippen LogP contribution in [0.5, 0.6) is 17.2 Å². The number of carbonyl (C=O) groups is 1. The largest absolute Gasteiger partial charge is 0.493 e. The van der Waals surface area contributed by atoms with Crippen molar-refractivity contribution in [3.8, 4) is 17.2 Å². The molecule has 2 aromatic carbocycles. The third kappa shape index (κ3) is 2.76. The minimum atomic E-state index is -0.179. The lowest BCUT2D eigenvalue weighted by Crippen LogP contribution is -2.24. The maximum atomic E-state index is 12.2. The fraction of sp³-hybridized carbons (Fsp3) is 0.278. The highest BCUT2D eigenvalue weighted by molar-refractivity contribution is 6.30. The van der Waals surface area contributed by atoms with Gasteiger partial charge >= 0.3 is 0 Å². The zero-order valence-electron chi connectivity index (χ0n) is 13.7. The van der Waals surface area contributed by atoms with Crippen LogP contribution >= 0.6 is 11.6 Å². The number of rotatable bonds is 4. The van der Waals surface area contributed by atoms with Gasteiger partial charge in [-0.2, -0.15) is 0 Å². The summed E-state index contributed by atoms with van der Waals surface area (Å²) in [5.41, 5.74) is 2.46. The molecule has 5 nitrogen and oxygen atoms in total. The van der Waals surface area contributed by atoms with E-state index >= 15 is 0 Å². The van der Waals surface area contributed by atoms with E-state index < -0.39 is 0 Å². The van der Waals surface area contributed by atoms with E-state index in [0.717, 1.165) is 11.1 Å². The molecule has 1 amide bonds. The molecule has 2 aromatic rings. The molecular weight excluding hydrogens is 330 g/mol. The molecule has 1 aliphatic rings. The molecule has 0 bridgehead atoms. The van der Waals surface area contributed by atoms with Crippen LogP contribution in [0.15, 0.2) is 30.3 Å². The highest BCUT2D eigenvalue weighted by atomic mass is 35.5. The first kappa shape index (κ1) is 16.5. The molecule has 1 N–H and O–H groups in total. The molecule has 1 heterocycles. The summed E-state index contributed by atoms with van der Waals surface area (Å²) >= 11 is 6.13. The second-order valence-corrected chi connectivity index (χ2v) is 5.90. The Balaban J connectivity index is 2.25. The van der Waals surface area contributed by atoms with Gasteiger partial charge in [0.25, 0.3) is 0 Å². The molecule has 3 rings (SSSR count). The van der Waals surface area contributed by atoms with Crippen LogP contribution in [0, 0.1) is 0 Å². The highest BCUT2D eigenvalue weighted by Gasteiger charge is 2.33. The number of anilines is 1. The standard InChI is InChI=1S/C18H18ClNO4/c1-22-14-9-13-16(18(24-3)17(14)23-2)12(8-15(21)20-13)10-5-4-6-11(19)7-10/h4-7,9,12H,8H2,1-3H3,(H,20,21). The predicted octanol–water partition coefficient (Wildman–Crippen LogP) is 3.84. The van der Waals surface area contributed by atoms with Gasteiger partial charge in [0.05, 0.1) is 27.0 Å². The molecule has 1 atom stereocenters. The molecule has 0 saturated carbocycles. The number of methoxy groups -OCH3 is 3. The quantitative estimate of drug-likeness (QED) is 0.913. The lowest BCUT2D eigenvalue weighted by Gasteiger charge is -2.29. The molecule has 0 radical (unpaired) electrons. The molecule has 0 fully saturated rings. The van der Waals surface area contributed by atoms with Crippen molar-refractivity contribution in [3.63, 3.8) is 0 Å². The van der Waals surface area contributed by atoms with Gasteiger partial charge in [-0.25, -0.2) is 0 Å². The number of halogens is 1. The number of nitrogens with one attached hydrogen (secondary N) is 1. The minimum absolute atomic E-state index is 0.0678. The van der Waals surface area contributed by atoms with Crippen molar-refractivity contribution >= 4 is 23.2 Å². The third-order valence-electron chi connectivity index (χ3n) is 4.13. The average molecular weight is 348 g/mol. The maximum absolute atomic E-state index is 12.2. The SMILES string of the molecule is COc1cc2c(c(OC)c1OC)C(c1cccc(Cl)c1)CC(=O)N2. The van der Waals surface area contributed by atoms with Gasteiger partial charge in [0, 0.05) is 29.0 Å². The van der Waals surface area contributed by atoms with Crippen LogP contribution in [0.25, 0.3) is 0 Å². The summed E-state index contributed by atoms with van der Waals surface area (Å²) in [4.78, 5) is 12.2. The zero-order chi connectivity index (χ0) is 17.3. The first-order valence-electron chi connectivity index (χ1n) is 7.47. The van der Waals surface area contributed by atoms with Gasteiger partial charge in [-0.15, -0.1) is 0 Å². The molecule has 6 heteroatoms. The van der Waals surface area contributed by atoms with E-state index in [-0.39, 0.29) is 11.8 Å². The Morgan fingerprint density at radius 2 is 1.83 bits per heavy atom. The van der Waals surface area contributed by atoms with E-state index in [1.807, 2.05) is 18.2 Å². The van der Waals surface area contributed by atoms with Gasteiger partial charge in [0.15, 0.2) is 11.5 Å². The predicted molar refractivity (Wildman–Crippen MR) is 92.6 cm³/mol. The van der Waals surface area contributed by atoms with Crippen molar-refractivity contribution in [2.24, 2.45) is 0 Å². The van der Waals surface area contributed by atoms with Gasteiger partial charge in [-0.3, -0.25) is 4.79 Å². The number of carbonyl (C=O) groups excluding carboxylic acids is 1. The van der Waals surface area contributed by atoms with Crippen LogP contribution in [0.1, 0.15) is 23.5 Å². The van der Waals surface area contributed by atoms with Gasteiger partial charge in [-0.05, 0) is 17.7 Å². The third-order valence-corrected chi connectivity index (χ3v) is 4.37. The van der Waals surface area contributed by atoms with E-state index in [1.54, 1.807) is 33.5 Å². The van der Waals surface area contributed by atoms with Crippen molar-refractivity contribution in [2.75, 3.05) is 26.6 Å². The lowest BCUT2D eigenvalue weighted by molar-refractivity contribution is -0.116. The summed E-state index contributed by atoms with van der Waals surface area (Å²) < 4.78 is 16.4. The van der Waals surface area contributed by atoms with Crippen LogP contribution in [0.2, 0.25) is 5.02 Å². The van der Waals surface area contributed by atoms with E-state index in [1.165, 1.54) is 0 Å². The van der Waals surface area contributed by atoms with Crippen molar-refractivity contribution in [1.82, 2.24) is 0 Å². The number of fused-ring (bicyclic) bond motifs is 1. The Morgan fingerprint density at radius 1 is 1.08 bits per heavy atom. The summed E-state index contributed by atoms with van der Waals surface area (Å²) in [6, 6.07) is 9.25. The molecule has 24 heavy (non-hydrogen) atoms. The number of ether oxygens (including phenoxy) is 3. The van der Waals surface area contributed by atoms with Crippen LogP contribution in [0.4, 0.5) is 5.69 Å². The Labute approximate surface area is 145 Å². The second kappa shape index (κ2) is 6.61. The number of benzene rings is 2.